The van der Waals surface area contributed by atoms with Crippen molar-refractivity contribution in [3.05, 3.63) is 41.8 Å². The Hall–Kier alpha value is -2.90. The molecule has 1 amide bonds. The molecule has 26 heavy (non-hydrogen) atoms. The molecule has 0 spiro atoms. The lowest BCUT2D eigenvalue weighted by molar-refractivity contribution is 0.0700. The maximum absolute atomic E-state index is 12.8. The van der Waals surface area contributed by atoms with Gasteiger partial charge in [0.25, 0.3) is 5.91 Å². The Kier molecular flexibility index (Phi) is 3.44. The molecule has 0 bridgehead atoms. The monoisotopic (exact) mass is 353 g/mol. The minimum absolute atomic E-state index is 0.133. The van der Waals surface area contributed by atoms with Crippen LogP contribution in [0.1, 0.15) is 40.3 Å². The zero-order valence-corrected chi connectivity index (χ0v) is 14.5. The van der Waals surface area contributed by atoms with Crippen molar-refractivity contribution in [2.24, 2.45) is 5.92 Å². The lowest BCUT2D eigenvalue weighted by Gasteiger charge is -2.27. The minimum Gasteiger partial charge on any atom is -0.451 e. The standard InChI is InChI=1S/C18H19N5O3/c1-11-17(26-10-19-11)18(24)22-5-4-15-13(7-22)16(14-8-25-9-20-14)21-23(15)6-12-2-3-12/h8-10,12H,2-7H2,1H3. The number of fused-ring (bicyclic) bond motifs is 1. The summed E-state index contributed by atoms with van der Waals surface area (Å²) in [5.41, 5.74) is 4.38. The van der Waals surface area contributed by atoms with Crippen molar-refractivity contribution >= 4 is 5.91 Å². The summed E-state index contributed by atoms with van der Waals surface area (Å²) in [5, 5.41) is 4.81. The van der Waals surface area contributed by atoms with Crippen molar-refractivity contribution in [1.82, 2.24) is 24.6 Å². The highest BCUT2D eigenvalue weighted by Gasteiger charge is 2.32. The first-order chi connectivity index (χ1) is 12.7. The first kappa shape index (κ1) is 15.4. The van der Waals surface area contributed by atoms with Gasteiger partial charge in [-0.05, 0) is 25.7 Å². The quantitative estimate of drug-likeness (QED) is 0.715. The van der Waals surface area contributed by atoms with E-state index in [4.69, 9.17) is 13.9 Å². The molecule has 1 aliphatic heterocycles. The Morgan fingerprint density at radius 3 is 2.88 bits per heavy atom. The van der Waals surface area contributed by atoms with E-state index in [1.165, 1.54) is 31.3 Å². The van der Waals surface area contributed by atoms with Crippen molar-refractivity contribution in [3.8, 4) is 11.4 Å². The Balaban J connectivity index is 1.50. The lowest BCUT2D eigenvalue weighted by atomic mass is 10.0. The zero-order chi connectivity index (χ0) is 17.7. The summed E-state index contributed by atoms with van der Waals surface area (Å²) in [6, 6.07) is 0. The molecule has 1 aliphatic carbocycles. The van der Waals surface area contributed by atoms with Gasteiger partial charge in [0.05, 0.1) is 12.2 Å². The molecule has 134 valence electrons. The molecule has 5 rings (SSSR count). The van der Waals surface area contributed by atoms with Gasteiger partial charge >= 0.3 is 0 Å². The molecule has 0 aromatic carbocycles. The van der Waals surface area contributed by atoms with Crippen LogP contribution in [0.15, 0.2) is 27.9 Å². The number of nitrogens with zero attached hydrogens (tertiary/aromatic N) is 5. The van der Waals surface area contributed by atoms with Crippen molar-refractivity contribution in [3.63, 3.8) is 0 Å². The molecule has 0 unspecified atom stereocenters. The van der Waals surface area contributed by atoms with Crippen molar-refractivity contribution < 1.29 is 13.6 Å². The zero-order valence-electron chi connectivity index (χ0n) is 14.5. The number of oxazole rings is 2. The highest BCUT2D eigenvalue weighted by atomic mass is 16.4. The van der Waals surface area contributed by atoms with E-state index < -0.39 is 0 Å². The number of aryl methyl sites for hydroxylation is 1. The minimum atomic E-state index is -0.133. The van der Waals surface area contributed by atoms with Crippen LogP contribution in [0.2, 0.25) is 0 Å². The van der Waals surface area contributed by atoms with Crippen molar-refractivity contribution in [2.45, 2.75) is 39.3 Å². The van der Waals surface area contributed by atoms with Crippen LogP contribution in [0.4, 0.5) is 0 Å². The molecule has 2 aliphatic rings. The molecule has 0 radical (unpaired) electrons. The summed E-state index contributed by atoms with van der Waals surface area (Å²) < 4.78 is 12.5. The molecule has 0 saturated heterocycles. The second kappa shape index (κ2) is 5.82. The van der Waals surface area contributed by atoms with Crippen molar-refractivity contribution in [2.75, 3.05) is 6.54 Å². The van der Waals surface area contributed by atoms with Gasteiger partial charge in [-0.1, -0.05) is 0 Å². The van der Waals surface area contributed by atoms with Gasteiger partial charge in [0.15, 0.2) is 12.8 Å². The van der Waals surface area contributed by atoms with E-state index in [1.54, 1.807) is 18.1 Å². The van der Waals surface area contributed by atoms with Crippen LogP contribution in [-0.4, -0.2) is 37.1 Å². The van der Waals surface area contributed by atoms with Crippen molar-refractivity contribution in [1.29, 1.82) is 0 Å². The van der Waals surface area contributed by atoms with Gasteiger partial charge in [-0.15, -0.1) is 0 Å². The molecule has 3 aromatic rings. The number of aromatic nitrogens is 4. The highest BCUT2D eigenvalue weighted by Crippen LogP contribution is 2.35. The van der Waals surface area contributed by atoms with Gasteiger partial charge in [-0.3, -0.25) is 9.48 Å². The number of rotatable bonds is 4. The van der Waals surface area contributed by atoms with Crippen LogP contribution >= 0.6 is 0 Å². The van der Waals surface area contributed by atoms with E-state index in [0.717, 1.165) is 30.1 Å². The van der Waals surface area contributed by atoms with Crippen LogP contribution in [0, 0.1) is 12.8 Å². The first-order valence-corrected chi connectivity index (χ1v) is 8.87. The van der Waals surface area contributed by atoms with Crippen LogP contribution in [0.25, 0.3) is 11.4 Å². The van der Waals surface area contributed by atoms with Crippen LogP contribution in [0.3, 0.4) is 0 Å². The molecular weight excluding hydrogens is 334 g/mol. The summed E-state index contributed by atoms with van der Waals surface area (Å²) in [4.78, 5) is 22.9. The SMILES string of the molecule is Cc1ncoc1C(=O)N1CCc2c(c(-c3cocn3)nn2CC2CC2)C1. The smallest absolute Gasteiger partial charge is 0.291 e. The lowest BCUT2D eigenvalue weighted by Crippen LogP contribution is -2.36. The fourth-order valence-corrected chi connectivity index (χ4v) is 3.55. The molecule has 0 atom stereocenters. The summed E-state index contributed by atoms with van der Waals surface area (Å²) >= 11 is 0. The Morgan fingerprint density at radius 2 is 2.19 bits per heavy atom. The number of amides is 1. The number of hydrogen-bond donors (Lipinski definition) is 0. The van der Waals surface area contributed by atoms with E-state index in [1.807, 2.05) is 0 Å². The molecule has 1 saturated carbocycles. The van der Waals surface area contributed by atoms with Gasteiger partial charge in [0.2, 0.25) is 5.76 Å². The molecule has 3 aromatic heterocycles. The van der Waals surface area contributed by atoms with E-state index in [-0.39, 0.29) is 5.91 Å². The van der Waals surface area contributed by atoms with Gasteiger partial charge in [0, 0.05) is 30.8 Å². The third kappa shape index (κ3) is 2.53. The molecule has 0 N–H and O–H groups in total. The van der Waals surface area contributed by atoms with E-state index >= 15 is 0 Å². The topological polar surface area (TPSA) is 90.2 Å². The van der Waals surface area contributed by atoms with E-state index in [9.17, 15) is 4.79 Å². The fourth-order valence-electron chi connectivity index (χ4n) is 3.55. The molecule has 8 nitrogen and oxygen atoms in total. The molecule has 4 heterocycles. The van der Waals surface area contributed by atoms with E-state index in [2.05, 4.69) is 14.6 Å². The molecule has 1 fully saturated rings. The van der Waals surface area contributed by atoms with Gasteiger partial charge in [-0.2, -0.15) is 5.10 Å². The maximum Gasteiger partial charge on any atom is 0.291 e. The second-order valence-electron chi connectivity index (χ2n) is 7.02. The Morgan fingerprint density at radius 1 is 1.31 bits per heavy atom. The number of carbonyl (C=O) groups excluding carboxylic acids is 1. The number of carbonyl (C=O) groups is 1. The normalized spacial score (nSPS) is 16.7. The Bertz CT molecular complexity index is 952. The summed E-state index contributed by atoms with van der Waals surface area (Å²) in [7, 11) is 0. The fraction of sp³-hybridized carbons (Fsp3) is 0.444. The van der Waals surface area contributed by atoms with E-state index in [0.29, 0.717) is 30.2 Å². The molecule has 8 heteroatoms. The van der Waals surface area contributed by atoms with Crippen LogP contribution in [-0.2, 0) is 19.5 Å². The van der Waals surface area contributed by atoms with Crippen LogP contribution in [0.5, 0.6) is 0 Å². The third-order valence-electron chi connectivity index (χ3n) is 5.16. The summed E-state index contributed by atoms with van der Waals surface area (Å²) in [6.45, 7) is 3.84. The third-order valence-corrected chi connectivity index (χ3v) is 5.16. The average molecular weight is 353 g/mol. The van der Waals surface area contributed by atoms with Crippen LogP contribution < -0.4 is 0 Å². The predicted octanol–water partition coefficient (Wildman–Crippen LogP) is 2.44. The largest absolute Gasteiger partial charge is 0.451 e. The first-order valence-electron chi connectivity index (χ1n) is 8.87. The highest BCUT2D eigenvalue weighted by molar-refractivity contribution is 5.92. The Labute approximate surface area is 149 Å². The maximum atomic E-state index is 12.8. The number of hydrogen-bond acceptors (Lipinski definition) is 6. The van der Waals surface area contributed by atoms with Gasteiger partial charge in [0.1, 0.15) is 17.7 Å². The average Bonchev–Trinajstić information content (AvgIpc) is 3.02. The van der Waals surface area contributed by atoms with Gasteiger partial charge in [-0.25, -0.2) is 9.97 Å². The van der Waals surface area contributed by atoms with Gasteiger partial charge < -0.3 is 13.7 Å². The molecular formula is C18H19N5O3. The second-order valence-corrected chi connectivity index (χ2v) is 7.02. The summed E-state index contributed by atoms with van der Waals surface area (Å²) in [5.74, 6) is 0.897. The summed E-state index contributed by atoms with van der Waals surface area (Å²) in [6.07, 6.45) is 7.63. The predicted molar refractivity (Wildman–Crippen MR) is 90.1 cm³/mol.